The fourth-order valence-electron chi connectivity index (χ4n) is 8.73. The highest BCUT2D eigenvalue weighted by Crippen LogP contribution is 2.25. The van der Waals surface area contributed by atoms with Gasteiger partial charge in [-0.05, 0) is 32.6 Å². The summed E-state index contributed by atoms with van der Waals surface area (Å²) in [6, 6.07) is -2.85. The zero-order valence-electron chi connectivity index (χ0n) is 41.7. The number of aliphatic hydroxyl groups excluding tert-OH is 3. The van der Waals surface area contributed by atoms with Crippen LogP contribution in [0.1, 0.15) is 252 Å². The van der Waals surface area contributed by atoms with Crippen molar-refractivity contribution in [3.8, 4) is 0 Å². The number of aliphatic hydroxyl groups is 3. The maximum absolute atomic E-state index is 13.7. The molecule has 0 saturated carbocycles. The number of aliphatic carboxylic acids is 1. The first-order valence-electron chi connectivity index (χ1n) is 26.8. The van der Waals surface area contributed by atoms with Gasteiger partial charge in [-0.15, -0.1) is 0 Å². The van der Waals surface area contributed by atoms with Crippen LogP contribution in [0.15, 0.2) is 0 Å². The zero-order valence-corrected chi connectivity index (χ0v) is 41.7. The van der Waals surface area contributed by atoms with Crippen LogP contribution >= 0.6 is 0 Å². The third-order valence-corrected chi connectivity index (χ3v) is 12.9. The lowest BCUT2D eigenvalue weighted by Crippen LogP contribution is -2.66. The summed E-state index contributed by atoms with van der Waals surface area (Å²) in [7, 11) is 0. The van der Waals surface area contributed by atoms with E-state index < -0.39 is 73.3 Å². The fourth-order valence-corrected chi connectivity index (χ4v) is 8.73. The molecule has 0 aromatic rings. The molecule has 1 fully saturated rings. The molecule has 1 rings (SSSR count). The van der Waals surface area contributed by atoms with Crippen molar-refractivity contribution < 1.29 is 53.8 Å². The number of unbranched alkanes of at least 4 members (excludes halogenated alkanes) is 28. The van der Waals surface area contributed by atoms with Crippen LogP contribution in [-0.4, -0.2) is 99.7 Å². The molecule has 1 heterocycles. The van der Waals surface area contributed by atoms with Gasteiger partial charge >= 0.3 is 11.9 Å². The number of amides is 2. The van der Waals surface area contributed by atoms with E-state index >= 15 is 0 Å². The van der Waals surface area contributed by atoms with E-state index in [1.165, 1.54) is 129 Å². The molecule has 1 aliphatic heterocycles. The number of carbonyl (C=O) groups is 4. The summed E-state index contributed by atoms with van der Waals surface area (Å²) in [4.78, 5) is 52.0. The molecule has 382 valence electrons. The van der Waals surface area contributed by atoms with Crippen LogP contribution in [-0.2, 0) is 33.4 Å². The first-order chi connectivity index (χ1) is 31.5. The lowest BCUT2D eigenvalue weighted by Gasteiger charge is -2.43. The van der Waals surface area contributed by atoms with Crippen LogP contribution in [0.3, 0.4) is 0 Å². The zero-order chi connectivity index (χ0) is 47.9. The fraction of sp³-hybridized carbons (Fsp3) is 0.923. The molecule has 65 heavy (non-hydrogen) atoms. The van der Waals surface area contributed by atoms with Gasteiger partial charge in [0, 0.05) is 12.8 Å². The summed E-state index contributed by atoms with van der Waals surface area (Å²) in [5.74, 6) is -2.70. The van der Waals surface area contributed by atoms with E-state index in [-0.39, 0.29) is 25.2 Å². The van der Waals surface area contributed by atoms with Crippen molar-refractivity contribution in [1.29, 1.82) is 0 Å². The molecule has 8 atom stereocenters. The molecule has 0 aliphatic carbocycles. The Bertz CT molecular complexity index is 1190. The molecule has 1 saturated heterocycles. The number of ether oxygens (including phenoxy) is 3. The van der Waals surface area contributed by atoms with E-state index in [2.05, 4.69) is 31.4 Å². The first-order valence-corrected chi connectivity index (χ1v) is 26.8. The molecule has 0 aromatic heterocycles. The van der Waals surface area contributed by atoms with E-state index in [9.17, 15) is 39.6 Å². The highest BCUT2D eigenvalue weighted by molar-refractivity contribution is 5.84. The Kier molecular flexibility index (Phi) is 38.0. The Morgan fingerprint density at radius 2 is 0.985 bits per heavy atom. The number of rotatable bonds is 44. The largest absolute Gasteiger partial charge is 0.480 e. The van der Waals surface area contributed by atoms with Crippen LogP contribution in [0.4, 0.5) is 0 Å². The Hall–Kier alpha value is -2.32. The molecule has 1 aliphatic rings. The number of carboxylic acids is 1. The van der Waals surface area contributed by atoms with Gasteiger partial charge in [0.2, 0.25) is 11.8 Å². The number of carbonyl (C=O) groups excluding carboxylic acids is 3. The number of esters is 1. The molecule has 2 amide bonds. The number of nitrogens with one attached hydrogen (secondary N) is 2. The highest BCUT2D eigenvalue weighted by atomic mass is 16.7. The minimum Gasteiger partial charge on any atom is -0.480 e. The summed E-state index contributed by atoms with van der Waals surface area (Å²) < 4.78 is 17.7. The van der Waals surface area contributed by atoms with Crippen LogP contribution in [0.2, 0.25) is 0 Å². The Balaban J connectivity index is 2.82. The molecular formula is C52H98N2O11. The standard InChI is InChI=1S/C52H98N2O11/c1-5-8-11-14-17-20-22-25-28-31-34-37-44(56)53-47(51(61)62)41(4)63-52-48(50(60)49(59)43(40-55)65-52)54-45(57)39-42(36-33-30-27-24-19-16-13-10-7-3)64-46(58)38-35-32-29-26-23-21-18-15-12-9-6-2/h41-43,47-50,52,55,59-60H,5-40H2,1-4H3,(H,53,56)(H,54,57)(H,61,62)/t41-,42-,43-,47+,48-,49-,50-,52-/m1/s1. The van der Waals surface area contributed by atoms with Gasteiger partial charge in [0.25, 0.3) is 0 Å². The smallest absolute Gasteiger partial charge is 0.328 e. The van der Waals surface area contributed by atoms with Crippen molar-refractivity contribution >= 4 is 23.8 Å². The third-order valence-electron chi connectivity index (χ3n) is 12.9. The maximum Gasteiger partial charge on any atom is 0.328 e. The Labute approximate surface area is 395 Å². The van der Waals surface area contributed by atoms with Crippen molar-refractivity contribution in [2.75, 3.05) is 6.61 Å². The van der Waals surface area contributed by atoms with Gasteiger partial charge in [-0.25, -0.2) is 4.79 Å². The third kappa shape index (κ3) is 30.6. The summed E-state index contributed by atoms with van der Waals surface area (Å²) in [6.45, 7) is 7.40. The van der Waals surface area contributed by atoms with E-state index in [4.69, 9.17) is 14.2 Å². The lowest BCUT2D eigenvalue weighted by atomic mass is 9.96. The predicted octanol–water partition coefficient (Wildman–Crippen LogP) is 10.5. The molecule has 6 N–H and O–H groups in total. The number of hydrogen-bond donors (Lipinski definition) is 6. The quantitative estimate of drug-likeness (QED) is 0.0251. The Morgan fingerprint density at radius 1 is 0.569 bits per heavy atom. The second kappa shape index (κ2) is 40.7. The summed E-state index contributed by atoms with van der Waals surface area (Å²) in [6.07, 6.45) is 28.0. The van der Waals surface area contributed by atoms with Gasteiger partial charge in [-0.2, -0.15) is 0 Å². The second-order valence-electron chi connectivity index (χ2n) is 19.0. The van der Waals surface area contributed by atoms with Crippen molar-refractivity contribution in [2.24, 2.45) is 0 Å². The molecule has 0 radical (unpaired) electrons. The van der Waals surface area contributed by atoms with Crippen LogP contribution < -0.4 is 10.6 Å². The monoisotopic (exact) mass is 927 g/mol. The van der Waals surface area contributed by atoms with Gasteiger partial charge in [-0.1, -0.05) is 201 Å². The number of carboxylic acid groups (broad SMARTS) is 1. The molecule has 0 bridgehead atoms. The molecule has 0 unspecified atom stereocenters. The number of hydrogen-bond acceptors (Lipinski definition) is 10. The molecule has 13 heteroatoms. The van der Waals surface area contributed by atoms with Crippen molar-refractivity contribution in [1.82, 2.24) is 10.6 Å². The predicted molar refractivity (Wildman–Crippen MR) is 258 cm³/mol. The topological polar surface area (TPSA) is 201 Å². The van der Waals surface area contributed by atoms with Crippen LogP contribution in [0, 0.1) is 0 Å². The van der Waals surface area contributed by atoms with Crippen LogP contribution in [0.25, 0.3) is 0 Å². The van der Waals surface area contributed by atoms with Crippen LogP contribution in [0.5, 0.6) is 0 Å². The average Bonchev–Trinajstić information content (AvgIpc) is 3.28. The maximum atomic E-state index is 13.7. The van der Waals surface area contributed by atoms with Crippen molar-refractivity contribution in [3.05, 3.63) is 0 Å². The molecule has 13 nitrogen and oxygen atoms in total. The molecule has 0 aromatic carbocycles. The summed E-state index contributed by atoms with van der Waals surface area (Å²) in [5, 5.41) is 47.2. The minimum atomic E-state index is -1.65. The van der Waals surface area contributed by atoms with Gasteiger partial charge in [-0.3, -0.25) is 14.4 Å². The first kappa shape index (κ1) is 60.7. The highest BCUT2D eigenvalue weighted by Gasteiger charge is 2.47. The molecule has 0 spiro atoms. The van der Waals surface area contributed by atoms with E-state index in [1.807, 2.05) is 0 Å². The van der Waals surface area contributed by atoms with Gasteiger partial charge < -0.3 is 45.3 Å². The second-order valence-corrected chi connectivity index (χ2v) is 19.0. The minimum absolute atomic E-state index is 0.160. The summed E-state index contributed by atoms with van der Waals surface area (Å²) in [5.41, 5.74) is 0. The van der Waals surface area contributed by atoms with Crippen molar-refractivity contribution in [2.45, 2.75) is 301 Å². The van der Waals surface area contributed by atoms with Gasteiger partial charge in [0.15, 0.2) is 12.3 Å². The lowest BCUT2D eigenvalue weighted by molar-refractivity contribution is -0.282. The van der Waals surface area contributed by atoms with E-state index in [0.29, 0.717) is 12.8 Å². The van der Waals surface area contributed by atoms with Gasteiger partial charge in [0.05, 0.1) is 19.1 Å². The van der Waals surface area contributed by atoms with Crippen molar-refractivity contribution in [3.63, 3.8) is 0 Å². The van der Waals surface area contributed by atoms with Gasteiger partial charge in [0.1, 0.15) is 30.5 Å². The normalized spacial score (nSPS) is 20.0. The molecular weight excluding hydrogens is 829 g/mol. The van der Waals surface area contributed by atoms with E-state index in [0.717, 1.165) is 70.6 Å². The SMILES string of the molecule is CCCCCCCCCCCCCC(=O)N[C@H](C(=O)O)[C@@H](C)O[C@@H]1O[C@H](CO)[C@@H](O)[C@H](O)[C@H]1NC(=O)C[C@@H](CCCCCCCCCCC)OC(=O)CCCCCCCCCCCCC. The Morgan fingerprint density at radius 3 is 1.42 bits per heavy atom. The summed E-state index contributed by atoms with van der Waals surface area (Å²) >= 11 is 0. The average molecular weight is 927 g/mol. The van der Waals surface area contributed by atoms with E-state index in [1.54, 1.807) is 0 Å².